The molecular weight excluding hydrogens is 575 g/mol. The zero-order valence-corrected chi connectivity index (χ0v) is 24.3. The van der Waals surface area contributed by atoms with Crippen LogP contribution in [0.5, 0.6) is 5.75 Å². The number of nitriles is 1. The molecule has 0 saturated carbocycles. The quantitative estimate of drug-likeness (QED) is 0.0842. The van der Waals surface area contributed by atoms with Gasteiger partial charge in [-0.3, -0.25) is 0 Å². The van der Waals surface area contributed by atoms with Gasteiger partial charge in [0.1, 0.15) is 18.6 Å². The number of nitrogens with one attached hydrogen (secondary N) is 3. The Labute approximate surface area is 244 Å². The summed E-state index contributed by atoms with van der Waals surface area (Å²) in [6.45, 7) is 2.79. The first-order valence-corrected chi connectivity index (χ1v) is 14.5. The van der Waals surface area contributed by atoms with Crippen LogP contribution in [0.25, 0.3) is 0 Å². The molecule has 212 valence electrons. The minimum Gasteiger partial charge on any atom is -0.492 e. The van der Waals surface area contributed by atoms with E-state index in [1.54, 1.807) is 62.6 Å². The molecule has 3 aromatic rings. The summed E-state index contributed by atoms with van der Waals surface area (Å²) in [5.41, 5.74) is 0.971. The Bertz CT molecular complexity index is 1410. The second-order valence-electron chi connectivity index (χ2n) is 8.21. The summed E-state index contributed by atoms with van der Waals surface area (Å²) < 4.78 is 40.7. The Balaban J connectivity index is 1.81. The van der Waals surface area contributed by atoms with E-state index < -0.39 is 16.3 Å². The standard InChI is InChI=1S/C27H30Cl2N6O4S/c1-20(38-17-16-33-27(31-2)34-19-30)35(40(36,37)24-13-9-22(29)10-14-24)26-6-4-3-5-25(26)32-15-18-39-23-11-7-21(28)8-12-23/h3-14,20,32H,15-18H2,1-2H3,(H2,31,33,34). The molecule has 0 bridgehead atoms. The van der Waals surface area contributed by atoms with E-state index in [1.807, 2.05) is 6.07 Å². The first-order chi connectivity index (χ1) is 19.3. The maximum absolute atomic E-state index is 13.9. The first kappa shape index (κ1) is 30.8. The number of nitrogens with zero attached hydrogens (tertiary/aromatic N) is 3. The second-order valence-corrected chi connectivity index (χ2v) is 10.9. The molecule has 0 aliphatic rings. The third kappa shape index (κ3) is 8.66. The molecule has 0 spiro atoms. The SMILES string of the molecule is CN/C(=N/C#N)NCCOC(C)N(c1ccccc1NCCOc1ccc(Cl)cc1)S(=O)(=O)c1ccc(Cl)cc1. The van der Waals surface area contributed by atoms with Crippen LogP contribution in [-0.2, 0) is 14.8 Å². The molecule has 40 heavy (non-hydrogen) atoms. The van der Waals surface area contributed by atoms with Gasteiger partial charge in [0.25, 0.3) is 10.0 Å². The van der Waals surface area contributed by atoms with Crippen molar-refractivity contribution in [2.75, 3.05) is 43.0 Å². The van der Waals surface area contributed by atoms with Crippen LogP contribution in [-0.4, -0.2) is 54.0 Å². The van der Waals surface area contributed by atoms with E-state index in [4.69, 9.17) is 37.9 Å². The third-order valence-electron chi connectivity index (χ3n) is 5.49. The number of anilines is 2. The van der Waals surface area contributed by atoms with Crippen LogP contribution in [0.1, 0.15) is 6.92 Å². The molecule has 0 aliphatic heterocycles. The van der Waals surface area contributed by atoms with Gasteiger partial charge >= 0.3 is 0 Å². The van der Waals surface area contributed by atoms with Crippen molar-refractivity contribution < 1.29 is 17.9 Å². The summed E-state index contributed by atoms with van der Waals surface area (Å²) in [5, 5.41) is 18.7. The smallest absolute Gasteiger partial charge is 0.266 e. The predicted molar refractivity (Wildman–Crippen MR) is 159 cm³/mol. The Hall–Kier alpha value is -3.69. The highest BCUT2D eigenvalue weighted by Crippen LogP contribution is 2.33. The van der Waals surface area contributed by atoms with Gasteiger partial charge < -0.3 is 25.4 Å². The summed E-state index contributed by atoms with van der Waals surface area (Å²) in [5.74, 6) is 0.947. The summed E-state index contributed by atoms with van der Waals surface area (Å²) >= 11 is 11.9. The molecule has 0 heterocycles. The van der Waals surface area contributed by atoms with Crippen molar-refractivity contribution in [2.24, 2.45) is 4.99 Å². The van der Waals surface area contributed by atoms with Crippen LogP contribution in [0, 0.1) is 11.5 Å². The highest BCUT2D eigenvalue weighted by Gasteiger charge is 2.31. The largest absolute Gasteiger partial charge is 0.492 e. The van der Waals surface area contributed by atoms with Gasteiger partial charge in [-0.05, 0) is 67.6 Å². The highest BCUT2D eigenvalue weighted by atomic mass is 35.5. The summed E-state index contributed by atoms with van der Waals surface area (Å²) in [4.78, 5) is 3.66. The predicted octanol–water partition coefficient (Wildman–Crippen LogP) is 4.69. The normalized spacial score (nSPS) is 12.2. The molecule has 3 rings (SSSR count). The zero-order valence-electron chi connectivity index (χ0n) is 22.0. The van der Waals surface area contributed by atoms with E-state index in [0.717, 1.165) is 0 Å². The Morgan fingerprint density at radius 3 is 2.30 bits per heavy atom. The lowest BCUT2D eigenvalue weighted by molar-refractivity contribution is 0.0781. The maximum atomic E-state index is 13.9. The molecule has 0 amide bonds. The van der Waals surface area contributed by atoms with Crippen molar-refractivity contribution >= 4 is 50.6 Å². The number of ether oxygens (including phenoxy) is 2. The number of benzene rings is 3. The van der Waals surface area contributed by atoms with E-state index >= 15 is 0 Å². The van der Waals surface area contributed by atoms with Crippen LogP contribution in [0.3, 0.4) is 0 Å². The lowest BCUT2D eigenvalue weighted by Gasteiger charge is -2.32. The number of sulfonamides is 1. The van der Waals surface area contributed by atoms with E-state index in [0.29, 0.717) is 40.3 Å². The highest BCUT2D eigenvalue weighted by molar-refractivity contribution is 7.92. The average Bonchev–Trinajstić information content (AvgIpc) is 2.94. The van der Waals surface area contributed by atoms with Gasteiger partial charge in [-0.1, -0.05) is 35.3 Å². The number of aliphatic imine (C=N–C) groups is 1. The van der Waals surface area contributed by atoms with Crippen LogP contribution >= 0.6 is 23.2 Å². The molecule has 13 heteroatoms. The lowest BCUT2D eigenvalue weighted by atomic mass is 10.2. The molecule has 3 N–H and O–H groups in total. The number of para-hydroxylation sites is 2. The monoisotopic (exact) mass is 604 g/mol. The minimum absolute atomic E-state index is 0.0602. The van der Waals surface area contributed by atoms with Crippen molar-refractivity contribution in [3.05, 3.63) is 82.8 Å². The minimum atomic E-state index is -4.07. The first-order valence-electron chi connectivity index (χ1n) is 12.3. The molecule has 0 aliphatic carbocycles. The molecule has 0 fully saturated rings. The fourth-order valence-corrected chi connectivity index (χ4v) is 5.47. The van der Waals surface area contributed by atoms with Gasteiger partial charge in [-0.15, -0.1) is 4.99 Å². The van der Waals surface area contributed by atoms with Gasteiger partial charge in [0, 0.05) is 30.2 Å². The topological polar surface area (TPSA) is 128 Å². The average molecular weight is 606 g/mol. The van der Waals surface area contributed by atoms with Crippen molar-refractivity contribution in [3.63, 3.8) is 0 Å². The molecule has 1 atom stereocenters. The van der Waals surface area contributed by atoms with Gasteiger partial charge in [0.15, 0.2) is 0 Å². The molecular formula is C27H30Cl2N6O4S. The van der Waals surface area contributed by atoms with Crippen LogP contribution in [0.2, 0.25) is 10.0 Å². The molecule has 0 saturated heterocycles. The third-order valence-corrected chi connectivity index (χ3v) is 7.88. The number of rotatable bonds is 13. The molecule has 3 aromatic carbocycles. The van der Waals surface area contributed by atoms with Crippen LogP contribution < -0.4 is 25.0 Å². The summed E-state index contributed by atoms with van der Waals surface area (Å²) in [6, 6.07) is 20.0. The van der Waals surface area contributed by atoms with Gasteiger partial charge in [0.2, 0.25) is 12.2 Å². The van der Waals surface area contributed by atoms with E-state index in [-0.39, 0.29) is 24.0 Å². The number of halogens is 2. The van der Waals surface area contributed by atoms with Crippen LogP contribution in [0.15, 0.2) is 82.7 Å². The molecule has 1 unspecified atom stereocenters. The summed E-state index contributed by atoms with van der Waals surface area (Å²) in [6.07, 6.45) is 0.792. The fraction of sp³-hybridized carbons (Fsp3) is 0.259. The Morgan fingerprint density at radius 1 is 1.00 bits per heavy atom. The van der Waals surface area contributed by atoms with Crippen molar-refractivity contribution in [1.29, 1.82) is 5.26 Å². The zero-order chi connectivity index (χ0) is 29.0. The number of hydrogen-bond acceptors (Lipinski definition) is 7. The van der Waals surface area contributed by atoms with Crippen molar-refractivity contribution in [2.45, 2.75) is 18.0 Å². The van der Waals surface area contributed by atoms with E-state index in [2.05, 4.69) is 20.9 Å². The van der Waals surface area contributed by atoms with Gasteiger partial charge in [0.05, 0.1) is 22.9 Å². The molecule has 0 aromatic heterocycles. The van der Waals surface area contributed by atoms with Crippen molar-refractivity contribution in [3.8, 4) is 11.9 Å². The Morgan fingerprint density at radius 2 is 1.65 bits per heavy atom. The maximum Gasteiger partial charge on any atom is 0.266 e. The molecule has 0 radical (unpaired) electrons. The Kier molecular flexibility index (Phi) is 11.7. The number of hydrogen-bond donors (Lipinski definition) is 3. The summed E-state index contributed by atoms with van der Waals surface area (Å²) in [7, 11) is -2.45. The fourth-order valence-electron chi connectivity index (χ4n) is 3.64. The lowest BCUT2D eigenvalue weighted by Crippen LogP contribution is -2.43. The second kappa shape index (κ2) is 15.2. The van der Waals surface area contributed by atoms with Crippen LogP contribution in [0.4, 0.5) is 11.4 Å². The molecule has 10 nitrogen and oxygen atoms in total. The van der Waals surface area contributed by atoms with Gasteiger partial charge in [-0.2, -0.15) is 5.26 Å². The van der Waals surface area contributed by atoms with Crippen molar-refractivity contribution in [1.82, 2.24) is 10.6 Å². The van der Waals surface area contributed by atoms with E-state index in [9.17, 15) is 8.42 Å². The van der Waals surface area contributed by atoms with E-state index in [1.165, 1.54) is 28.6 Å². The number of guanidine groups is 1. The van der Waals surface area contributed by atoms with Gasteiger partial charge in [-0.25, -0.2) is 12.7 Å².